The normalized spacial score (nSPS) is 11.0. The first-order chi connectivity index (χ1) is 52.7. The molecule has 0 aliphatic rings. The molecule has 29 heteroatoms. The Morgan fingerprint density at radius 1 is 0.468 bits per heavy atom. The Labute approximate surface area is 651 Å². The number of carboxylic acids is 1. The van der Waals surface area contributed by atoms with Crippen molar-refractivity contribution in [1.29, 1.82) is 0 Å². The lowest BCUT2D eigenvalue weighted by Gasteiger charge is -2.11. The van der Waals surface area contributed by atoms with E-state index in [0.29, 0.717) is 72.5 Å². The number of nitrogens with two attached hydrogens (primary N) is 1. The second-order valence-corrected chi connectivity index (χ2v) is 27.9. The maximum absolute atomic E-state index is 12.5. The van der Waals surface area contributed by atoms with Crippen molar-refractivity contribution in [2.45, 2.75) is 49.3 Å². The van der Waals surface area contributed by atoms with Gasteiger partial charge in [-0.2, -0.15) is 0 Å². The summed E-state index contributed by atoms with van der Waals surface area (Å²) in [6.45, 7) is 1.09. The highest BCUT2D eigenvalue weighted by Gasteiger charge is 2.24. The molecule has 8 aromatic carbocycles. The summed E-state index contributed by atoms with van der Waals surface area (Å²) in [5.41, 5.74) is 9.29. The van der Waals surface area contributed by atoms with Crippen LogP contribution in [0, 0.1) is 0 Å². The molecule has 5 heterocycles. The Hall–Kier alpha value is -11.7. The predicted octanol–water partition coefficient (Wildman–Crippen LogP) is 17.5. The van der Waals surface area contributed by atoms with Crippen LogP contribution in [0.4, 0.5) is 17.1 Å². The van der Waals surface area contributed by atoms with Crippen molar-refractivity contribution in [3.8, 4) is 28.7 Å². The highest BCUT2D eigenvalue weighted by Crippen LogP contribution is 2.31. The number of hydrogen-bond acceptors (Lipinski definition) is 21. The van der Waals surface area contributed by atoms with Gasteiger partial charge in [-0.25, -0.2) is 17.4 Å². The van der Waals surface area contributed by atoms with Crippen LogP contribution in [0.1, 0.15) is 65.3 Å². The Bertz CT molecular complexity index is 5170. The van der Waals surface area contributed by atoms with E-state index in [9.17, 15) is 36.9 Å². The second kappa shape index (κ2) is 42.6. The largest absolute Gasteiger partial charge is 0.497 e. The van der Waals surface area contributed by atoms with Gasteiger partial charge in [0.25, 0.3) is 17.7 Å². The lowest BCUT2D eigenvalue weighted by atomic mass is 10.2. The quantitative estimate of drug-likeness (QED) is 0.0293. The lowest BCUT2D eigenvalue weighted by Crippen LogP contribution is -2.19. The van der Waals surface area contributed by atoms with Gasteiger partial charge in [-0.15, -0.1) is 0 Å². The van der Waals surface area contributed by atoms with Gasteiger partial charge in [-0.05, 0) is 201 Å². The maximum atomic E-state index is 12.5. The van der Waals surface area contributed by atoms with Gasteiger partial charge in [0, 0.05) is 58.1 Å². The highest BCUT2D eigenvalue weighted by molar-refractivity contribution is 9.10. The summed E-state index contributed by atoms with van der Waals surface area (Å²) in [7, 11) is 2.67. The fraction of sp³-hybridized carbons (Fsp3) is 0.100. The van der Waals surface area contributed by atoms with Crippen molar-refractivity contribution < 1.29 is 87.8 Å². The number of ether oxygens (including phenoxy) is 5. The molecule has 2 unspecified atom stereocenters. The number of anilines is 3. The molecule has 0 saturated carbocycles. The fourth-order valence-corrected chi connectivity index (χ4v) is 12.7. The summed E-state index contributed by atoms with van der Waals surface area (Å²) in [4.78, 5) is 48.6. The molecular weight excluding hydrogens is 1590 g/mol. The van der Waals surface area contributed by atoms with Crippen LogP contribution in [0.3, 0.4) is 0 Å². The van der Waals surface area contributed by atoms with Crippen LogP contribution in [-0.2, 0) is 33.7 Å². The van der Waals surface area contributed by atoms with E-state index >= 15 is 0 Å². The minimum Gasteiger partial charge on any atom is -0.497 e. The van der Waals surface area contributed by atoms with Gasteiger partial charge in [-0.3, -0.25) is 19.7 Å². The molecule has 13 rings (SSSR count). The predicted molar refractivity (Wildman–Crippen MR) is 418 cm³/mol. The SMILES string of the molecule is COc1cccc(CN)c1.COc1cccc(CNC(O)c2ccc(Br)o2)c1.COc1cccc(NC(=O)c2ccc(S(=O)(=O)c3ccccc3)o2)c1.COc1cccc(NC(=O)c2ccc(S(=O)c3ccccc3)o2)c1.COc1cccc(NC(=O)c2ccc(Sc3ccccc3)o2)c1.O=C(O)c1ccc(Br)o1. The number of nitrogens with one attached hydrogen (secondary N) is 4. The number of aromatic carboxylic acids is 1. The number of rotatable bonds is 23. The fourth-order valence-electron chi connectivity index (χ4n) is 9.09. The number of furan rings is 5. The summed E-state index contributed by atoms with van der Waals surface area (Å²) in [6.07, 6.45) is -0.831. The Kier molecular flexibility index (Phi) is 32.4. The molecule has 109 heavy (non-hydrogen) atoms. The van der Waals surface area contributed by atoms with E-state index < -0.39 is 44.6 Å². The minimum absolute atomic E-state index is 0.0538. The molecule has 0 bridgehead atoms. The molecule has 3 amide bonds. The molecule has 0 aliphatic carbocycles. The van der Waals surface area contributed by atoms with Crippen LogP contribution in [-0.4, -0.2) is 82.1 Å². The average Bonchev–Trinajstić information content (AvgIpc) is 1.24. The molecule has 0 fully saturated rings. The van der Waals surface area contributed by atoms with Crippen molar-refractivity contribution in [1.82, 2.24) is 5.32 Å². The van der Waals surface area contributed by atoms with Crippen molar-refractivity contribution >= 4 is 105 Å². The number of halogens is 2. The average molecular weight is 1660 g/mol. The molecule has 0 aliphatic heterocycles. The number of carbonyl (C=O) groups is 4. The zero-order valence-electron chi connectivity index (χ0n) is 58.9. The number of aliphatic hydroxyl groups is 1. The van der Waals surface area contributed by atoms with Crippen LogP contribution in [0.5, 0.6) is 28.7 Å². The number of amides is 3. The van der Waals surface area contributed by atoms with Gasteiger partial charge in [0.1, 0.15) is 45.3 Å². The van der Waals surface area contributed by atoms with E-state index in [-0.39, 0.29) is 44.0 Å². The molecule has 5 aromatic heterocycles. The van der Waals surface area contributed by atoms with E-state index in [0.717, 1.165) is 27.5 Å². The molecule has 13 aromatic rings. The Balaban J connectivity index is 0.000000170. The molecular formula is C80H73Br2N5O19S3. The number of benzene rings is 8. The number of hydrogen-bond donors (Lipinski definition) is 7. The zero-order valence-corrected chi connectivity index (χ0v) is 64.5. The standard InChI is InChI=1S/C18H15NO5S.C18H15NO4S.C18H15NO3S.C13H14BrNO3.C8H11NO.C5H3BrO3/c1-23-14-7-5-6-13(12-14)19-18(20)16-10-11-17(24-16)25(21,22)15-8-3-2-4-9-15;1-22-14-7-5-6-13(12-14)19-18(20)16-10-11-17(23-16)24(21)15-8-3-2-4-9-15;1-21-14-7-5-6-13(12-14)19-18(20)16-10-11-17(22-16)23-15-8-3-2-4-9-15;1-17-10-4-2-3-9(7-10)8-15-13(16)11-5-6-12(14)18-11;1-10-8-4-2-3-7(5-8)6-9;6-4-2-1-3(9-4)5(7)8/h2-12H,1H3,(H,19,20);2-12H,1H3,(H,19,20);2-12H,1H3,(H,19,20);2-7,13,15-16H,8H2,1H3;2-5H,6,9H2,1H3;1-2H,(H,7,8). The van der Waals surface area contributed by atoms with Crippen molar-refractivity contribution in [3.05, 3.63) is 322 Å². The molecule has 564 valence electrons. The van der Waals surface area contributed by atoms with Gasteiger partial charge in [0.15, 0.2) is 43.0 Å². The van der Waals surface area contributed by atoms with E-state index in [4.69, 9.17) is 52.2 Å². The molecule has 0 radical (unpaired) electrons. The van der Waals surface area contributed by atoms with E-state index in [1.54, 1.807) is 162 Å². The Morgan fingerprint density at radius 3 is 1.38 bits per heavy atom. The van der Waals surface area contributed by atoms with Crippen LogP contribution in [0.15, 0.2) is 334 Å². The lowest BCUT2D eigenvalue weighted by molar-refractivity contribution is 0.0660. The van der Waals surface area contributed by atoms with Crippen LogP contribution >= 0.6 is 43.6 Å². The van der Waals surface area contributed by atoms with Crippen LogP contribution in [0.2, 0.25) is 0 Å². The van der Waals surface area contributed by atoms with Crippen molar-refractivity contribution in [2.75, 3.05) is 51.5 Å². The molecule has 2 atom stereocenters. The number of sulfone groups is 1. The smallest absolute Gasteiger partial charge is 0.371 e. The summed E-state index contributed by atoms with van der Waals surface area (Å²) >= 11 is 7.64. The van der Waals surface area contributed by atoms with E-state index in [2.05, 4.69) is 57.5 Å². The third-order valence-electron chi connectivity index (χ3n) is 14.5. The first-order valence-electron chi connectivity index (χ1n) is 32.4. The van der Waals surface area contributed by atoms with Gasteiger partial charge in [0.2, 0.25) is 20.7 Å². The molecule has 8 N–H and O–H groups in total. The molecule has 0 saturated heterocycles. The molecule has 24 nitrogen and oxygen atoms in total. The van der Waals surface area contributed by atoms with Crippen LogP contribution in [0.25, 0.3) is 0 Å². The summed E-state index contributed by atoms with van der Waals surface area (Å²) in [6, 6.07) is 78.5. The highest BCUT2D eigenvalue weighted by atomic mass is 79.9. The summed E-state index contributed by atoms with van der Waals surface area (Å²) < 4.78 is 90.1. The maximum Gasteiger partial charge on any atom is 0.371 e. The second-order valence-electron chi connectivity index (χ2n) is 22.0. The van der Waals surface area contributed by atoms with Crippen LogP contribution < -0.4 is 50.7 Å². The third-order valence-corrected chi connectivity index (χ3v) is 19.2. The zero-order chi connectivity index (χ0) is 78.1. The van der Waals surface area contributed by atoms with Gasteiger partial charge in [-0.1, -0.05) is 109 Å². The van der Waals surface area contributed by atoms with Crippen molar-refractivity contribution in [3.63, 3.8) is 0 Å². The van der Waals surface area contributed by atoms with Crippen molar-refractivity contribution in [2.24, 2.45) is 5.73 Å². The van der Waals surface area contributed by atoms with E-state index in [1.165, 1.54) is 61.3 Å². The Morgan fingerprint density at radius 2 is 0.899 bits per heavy atom. The number of carboxylic acid groups (broad SMARTS) is 1. The monoisotopic (exact) mass is 1660 g/mol. The topological polar surface area (TPSA) is 346 Å². The van der Waals surface area contributed by atoms with E-state index in [1.807, 2.05) is 97.1 Å². The van der Waals surface area contributed by atoms with Gasteiger partial charge in [0.05, 0.1) is 40.4 Å². The molecule has 0 spiro atoms. The number of methoxy groups -OCH3 is 5. The van der Waals surface area contributed by atoms with Gasteiger partial charge >= 0.3 is 5.97 Å². The first kappa shape index (κ1) is 83.0. The number of carbonyl (C=O) groups excluding carboxylic acids is 3. The van der Waals surface area contributed by atoms with Gasteiger partial charge < -0.3 is 77.7 Å². The third kappa shape index (κ3) is 26.4. The summed E-state index contributed by atoms with van der Waals surface area (Å²) in [5, 5.41) is 29.9. The minimum atomic E-state index is -3.80. The number of aliphatic hydroxyl groups excluding tert-OH is 1. The first-order valence-corrected chi connectivity index (χ1v) is 37.5. The summed E-state index contributed by atoms with van der Waals surface area (Å²) in [5.74, 6) is 1.94.